The van der Waals surface area contributed by atoms with E-state index in [0.717, 1.165) is 21.7 Å². The number of amides is 2. The lowest BCUT2D eigenvalue weighted by Crippen LogP contribution is -2.53. The number of rotatable bonds is 12. The summed E-state index contributed by atoms with van der Waals surface area (Å²) < 4.78 is 26.8. The van der Waals surface area contributed by atoms with Crippen molar-refractivity contribution in [3.05, 3.63) is 99.5 Å². The number of nitrogens with zero attached hydrogens (tertiary/aromatic N) is 2. The van der Waals surface area contributed by atoms with E-state index in [0.29, 0.717) is 22.2 Å². The second kappa shape index (κ2) is 14.0. The molecule has 3 aromatic rings. The van der Waals surface area contributed by atoms with Gasteiger partial charge in [-0.15, -0.1) is 0 Å². The van der Waals surface area contributed by atoms with E-state index in [9.17, 15) is 18.0 Å². The van der Waals surface area contributed by atoms with Gasteiger partial charge >= 0.3 is 0 Å². The molecule has 2 amide bonds. The summed E-state index contributed by atoms with van der Waals surface area (Å²) in [6.45, 7) is 5.68. The fraction of sp³-hybridized carbons (Fsp3) is 0.333. The summed E-state index contributed by atoms with van der Waals surface area (Å²) in [4.78, 5) is 29.1. The van der Waals surface area contributed by atoms with Crippen molar-refractivity contribution in [3.63, 3.8) is 0 Å². The van der Waals surface area contributed by atoms with Gasteiger partial charge in [-0.3, -0.25) is 13.9 Å². The van der Waals surface area contributed by atoms with E-state index < -0.39 is 28.5 Å². The second-order valence-corrected chi connectivity index (χ2v) is 12.9. The zero-order valence-corrected chi connectivity index (χ0v) is 25.4. The third-order valence-electron chi connectivity index (χ3n) is 6.38. The molecule has 214 valence electrons. The molecule has 1 atom stereocenters. The van der Waals surface area contributed by atoms with Crippen LogP contribution >= 0.6 is 23.2 Å². The van der Waals surface area contributed by atoms with Gasteiger partial charge in [-0.2, -0.15) is 0 Å². The van der Waals surface area contributed by atoms with Crippen LogP contribution in [0.2, 0.25) is 10.0 Å². The van der Waals surface area contributed by atoms with E-state index in [1.54, 1.807) is 43.3 Å². The average molecular weight is 605 g/mol. The highest BCUT2D eigenvalue weighted by atomic mass is 35.5. The Balaban J connectivity index is 2.07. The molecule has 0 aliphatic heterocycles. The van der Waals surface area contributed by atoms with Crippen molar-refractivity contribution >= 4 is 50.7 Å². The van der Waals surface area contributed by atoms with Gasteiger partial charge in [0.2, 0.25) is 21.8 Å². The molecule has 0 saturated heterocycles. The fourth-order valence-electron chi connectivity index (χ4n) is 4.14. The van der Waals surface area contributed by atoms with E-state index in [4.69, 9.17) is 23.2 Å². The monoisotopic (exact) mass is 603 g/mol. The number of aryl methyl sites for hydroxylation is 1. The van der Waals surface area contributed by atoms with Crippen molar-refractivity contribution in [2.24, 2.45) is 5.92 Å². The number of sulfonamides is 1. The van der Waals surface area contributed by atoms with Crippen LogP contribution in [0.5, 0.6) is 0 Å². The van der Waals surface area contributed by atoms with E-state index >= 15 is 0 Å². The molecule has 0 unspecified atom stereocenters. The second-order valence-electron chi connectivity index (χ2n) is 10.2. The summed E-state index contributed by atoms with van der Waals surface area (Å²) in [5, 5.41) is 3.77. The van der Waals surface area contributed by atoms with E-state index in [2.05, 4.69) is 5.32 Å². The van der Waals surface area contributed by atoms with Crippen LogP contribution in [0.1, 0.15) is 30.5 Å². The van der Waals surface area contributed by atoms with Crippen molar-refractivity contribution in [2.45, 2.75) is 39.8 Å². The summed E-state index contributed by atoms with van der Waals surface area (Å²) >= 11 is 12.8. The standard InChI is InChI=1S/C30H35Cl2N3O4S/c1-21(2)18-33-30(37)28(16-23-10-6-5-7-11-23)34(19-24-12-8-9-13-26(24)31)29(36)20-35(40(4,38)39)25-15-14-22(3)27(32)17-25/h5-15,17,21,28H,16,18-20H2,1-4H3,(H,33,37)/t28-/m0/s1. The van der Waals surface area contributed by atoms with Crippen LogP contribution in [-0.4, -0.2) is 50.5 Å². The average Bonchev–Trinajstić information content (AvgIpc) is 2.90. The minimum Gasteiger partial charge on any atom is -0.354 e. The van der Waals surface area contributed by atoms with Crippen LogP contribution in [0.3, 0.4) is 0 Å². The maximum atomic E-state index is 14.1. The van der Waals surface area contributed by atoms with Gasteiger partial charge in [-0.05, 0) is 47.7 Å². The molecule has 10 heteroatoms. The highest BCUT2D eigenvalue weighted by Gasteiger charge is 2.33. The number of nitrogens with one attached hydrogen (secondary N) is 1. The van der Waals surface area contributed by atoms with Crippen LogP contribution in [-0.2, 0) is 32.6 Å². The Morgan fingerprint density at radius 3 is 2.17 bits per heavy atom. The lowest BCUT2D eigenvalue weighted by atomic mass is 10.0. The Morgan fingerprint density at radius 1 is 0.925 bits per heavy atom. The molecule has 40 heavy (non-hydrogen) atoms. The molecule has 0 aliphatic carbocycles. The molecule has 0 saturated carbocycles. The largest absolute Gasteiger partial charge is 0.354 e. The summed E-state index contributed by atoms with van der Waals surface area (Å²) in [6, 6.07) is 20.3. The van der Waals surface area contributed by atoms with Crippen molar-refractivity contribution in [3.8, 4) is 0 Å². The maximum Gasteiger partial charge on any atom is 0.244 e. The molecule has 0 heterocycles. The summed E-state index contributed by atoms with van der Waals surface area (Å²) in [6.07, 6.45) is 1.26. The van der Waals surface area contributed by atoms with Crippen molar-refractivity contribution in [2.75, 3.05) is 23.7 Å². The Labute approximate surface area is 247 Å². The highest BCUT2D eigenvalue weighted by Crippen LogP contribution is 2.26. The number of carbonyl (C=O) groups is 2. The Morgan fingerprint density at radius 2 is 1.57 bits per heavy atom. The minimum atomic E-state index is -3.88. The molecular weight excluding hydrogens is 569 g/mol. The zero-order valence-electron chi connectivity index (χ0n) is 23.1. The van der Waals surface area contributed by atoms with Gasteiger partial charge in [0.15, 0.2) is 0 Å². The molecule has 7 nitrogen and oxygen atoms in total. The number of anilines is 1. The third-order valence-corrected chi connectivity index (χ3v) is 8.29. The van der Waals surface area contributed by atoms with Gasteiger partial charge in [-0.25, -0.2) is 8.42 Å². The molecule has 0 radical (unpaired) electrons. The van der Waals surface area contributed by atoms with Gasteiger partial charge in [0.25, 0.3) is 0 Å². The van der Waals surface area contributed by atoms with E-state index in [1.807, 2.05) is 44.2 Å². The van der Waals surface area contributed by atoms with Crippen molar-refractivity contribution in [1.29, 1.82) is 0 Å². The third kappa shape index (κ3) is 8.71. The summed E-state index contributed by atoms with van der Waals surface area (Å²) in [5.74, 6) is -0.689. The van der Waals surface area contributed by atoms with Crippen molar-refractivity contribution < 1.29 is 18.0 Å². The maximum absolute atomic E-state index is 14.1. The van der Waals surface area contributed by atoms with Gasteiger partial charge in [-0.1, -0.05) is 91.6 Å². The quantitative estimate of drug-likeness (QED) is 0.297. The predicted octanol–water partition coefficient (Wildman–Crippen LogP) is 5.48. The van der Waals surface area contributed by atoms with Gasteiger partial charge < -0.3 is 10.2 Å². The Bertz CT molecular complexity index is 1430. The van der Waals surface area contributed by atoms with Crippen LogP contribution in [0.25, 0.3) is 0 Å². The first-order chi connectivity index (χ1) is 18.9. The number of hydrogen-bond acceptors (Lipinski definition) is 4. The van der Waals surface area contributed by atoms with Crippen LogP contribution in [0, 0.1) is 12.8 Å². The van der Waals surface area contributed by atoms with Gasteiger partial charge in [0, 0.05) is 29.6 Å². The first-order valence-corrected chi connectivity index (χ1v) is 15.6. The van der Waals surface area contributed by atoms with Gasteiger partial charge in [0.05, 0.1) is 11.9 Å². The minimum absolute atomic E-state index is 0.0113. The lowest BCUT2D eigenvalue weighted by Gasteiger charge is -2.34. The number of halogens is 2. The smallest absolute Gasteiger partial charge is 0.244 e. The molecule has 0 fully saturated rings. The number of carbonyl (C=O) groups excluding carboxylic acids is 2. The molecule has 0 spiro atoms. The molecule has 0 bridgehead atoms. The Kier molecular flexibility index (Phi) is 11.0. The van der Waals surface area contributed by atoms with Crippen LogP contribution in [0.4, 0.5) is 5.69 Å². The molecule has 0 aliphatic rings. The number of hydrogen-bond donors (Lipinski definition) is 1. The number of benzene rings is 3. The Hall–Kier alpha value is -3.07. The van der Waals surface area contributed by atoms with Crippen molar-refractivity contribution in [1.82, 2.24) is 10.2 Å². The topological polar surface area (TPSA) is 86.8 Å². The summed E-state index contributed by atoms with van der Waals surface area (Å²) in [7, 11) is -3.88. The fourth-order valence-corrected chi connectivity index (χ4v) is 5.35. The van der Waals surface area contributed by atoms with E-state index in [1.165, 1.54) is 11.0 Å². The predicted molar refractivity (Wildman–Crippen MR) is 162 cm³/mol. The first-order valence-electron chi connectivity index (χ1n) is 12.9. The summed E-state index contributed by atoms with van der Waals surface area (Å²) in [5.41, 5.74) is 2.52. The molecule has 3 rings (SSSR count). The van der Waals surface area contributed by atoms with Crippen LogP contribution < -0.4 is 9.62 Å². The first kappa shape index (κ1) is 31.5. The molecular formula is C30H35Cl2N3O4S. The lowest BCUT2D eigenvalue weighted by molar-refractivity contribution is -0.140. The van der Waals surface area contributed by atoms with Gasteiger partial charge in [0.1, 0.15) is 12.6 Å². The molecule has 1 N–H and O–H groups in total. The van der Waals surface area contributed by atoms with E-state index in [-0.39, 0.29) is 30.5 Å². The SMILES string of the molecule is Cc1ccc(N(CC(=O)N(Cc2ccccc2Cl)[C@@H](Cc2ccccc2)C(=O)NCC(C)C)S(C)(=O)=O)cc1Cl. The van der Waals surface area contributed by atoms with Crippen LogP contribution in [0.15, 0.2) is 72.8 Å². The normalized spacial score (nSPS) is 12.2. The highest BCUT2D eigenvalue weighted by molar-refractivity contribution is 7.92. The molecule has 0 aromatic heterocycles. The molecule has 3 aromatic carbocycles. The zero-order chi connectivity index (χ0) is 29.4.